The fraction of sp³-hybridized carbons (Fsp3) is 0.200. The van der Waals surface area contributed by atoms with Crippen molar-refractivity contribution in [3.05, 3.63) is 23.8 Å². The average molecular weight is 222 g/mol. The first-order chi connectivity index (χ1) is 7.63. The van der Waals surface area contributed by atoms with Crippen LogP contribution < -0.4 is 16.2 Å². The van der Waals surface area contributed by atoms with Crippen molar-refractivity contribution < 1.29 is 9.84 Å². The van der Waals surface area contributed by atoms with Gasteiger partial charge in [0.1, 0.15) is 11.5 Å². The van der Waals surface area contributed by atoms with Crippen LogP contribution in [0.5, 0.6) is 11.5 Å². The standard InChI is InChI=1S/C10H14N4O2/c1-2-16-8-3-4-9(15)7(5-8)6-13-14-10(11)12/h3-6,15H,2H2,1H3,(H4,11,12,14). The Morgan fingerprint density at radius 2 is 2.25 bits per heavy atom. The lowest BCUT2D eigenvalue weighted by atomic mass is 10.2. The van der Waals surface area contributed by atoms with Gasteiger partial charge in [0.15, 0.2) is 0 Å². The summed E-state index contributed by atoms with van der Waals surface area (Å²) >= 11 is 0. The van der Waals surface area contributed by atoms with E-state index in [0.29, 0.717) is 17.9 Å². The maximum Gasteiger partial charge on any atom is 0.211 e. The van der Waals surface area contributed by atoms with E-state index in [-0.39, 0.29) is 11.7 Å². The minimum Gasteiger partial charge on any atom is -0.507 e. The van der Waals surface area contributed by atoms with Gasteiger partial charge < -0.3 is 21.3 Å². The van der Waals surface area contributed by atoms with Crippen LogP contribution in [-0.2, 0) is 0 Å². The number of nitrogens with two attached hydrogens (primary N) is 2. The number of phenols is 1. The molecule has 0 aromatic heterocycles. The van der Waals surface area contributed by atoms with E-state index in [1.54, 1.807) is 12.1 Å². The van der Waals surface area contributed by atoms with Gasteiger partial charge in [-0.15, -0.1) is 5.10 Å². The van der Waals surface area contributed by atoms with Crippen LogP contribution in [0, 0.1) is 0 Å². The predicted molar refractivity (Wildman–Crippen MR) is 62.7 cm³/mol. The number of nitrogens with zero attached hydrogens (tertiary/aromatic N) is 2. The summed E-state index contributed by atoms with van der Waals surface area (Å²) in [6, 6.07) is 4.82. The van der Waals surface area contributed by atoms with Gasteiger partial charge in [0.05, 0.1) is 12.8 Å². The van der Waals surface area contributed by atoms with E-state index in [4.69, 9.17) is 16.2 Å². The predicted octanol–water partition coefficient (Wildman–Crippen LogP) is 0.398. The van der Waals surface area contributed by atoms with Crippen molar-refractivity contribution in [1.82, 2.24) is 0 Å². The van der Waals surface area contributed by atoms with Crippen LogP contribution in [0.25, 0.3) is 0 Å². The number of rotatable bonds is 4. The molecule has 0 saturated heterocycles. The zero-order valence-electron chi connectivity index (χ0n) is 8.92. The van der Waals surface area contributed by atoms with Gasteiger partial charge in [-0.3, -0.25) is 0 Å². The number of aromatic hydroxyl groups is 1. The van der Waals surface area contributed by atoms with Gasteiger partial charge in [-0.25, -0.2) is 0 Å². The first-order valence-electron chi connectivity index (χ1n) is 4.71. The molecule has 0 atom stereocenters. The van der Waals surface area contributed by atoms with Gasteiger partial charge in [-0.2, -0.15) is 5.10 Å². The monoisotopic (exact) mass is 222 g/mol. The second kappa shape index (κ2) is 5.59. The number of phenolic OH excluding ortho intramolecular Hbond substituents is 1. The fourth-order valence-electron chi connectivity index (χ4n) is 1.05. The van der Waals surface area contributed by atoms with Crippen LogP contribution in [0.4, 0.5) is 0 Å². The molecule has 0 radical (unpaired) electrons. The molecule has 0 heterocycles. The summed E-state index contributed by atoms with van der Waals surface area (Å²) in [5.74, 6) is 0.584. The summed E-state index contributed by atoms with van der Waals surface area (Å²) in [6.45, 7) is 2.43. The zero-order chi connectivity index (χ0) is 12.0. The zero-order valence-corrected chi connectivity index (χ0v) is 8.92. The van der Waals surface area contributed by atoms with Gasteiger partial charge in [0, 0.05) is 5.56 Å². The first kappa shape index (κ1) is 11.8. The van der Waals surface area contributed by atoms with Gasteiger partial charge in [0.2, 0.25) is 5.96 Å². The lowest BCUT2D eigenvalue weighted by Gasteiger charge is -2.04. The molecule has 5 N–H and O–H groups in total. The highest BCUT2D eigenvalue weighted by Crippen LogP contribution is 2.21. The molecule has 0 amide bonds. The molecule has 0 aliphatic rings. The lowest BCUT2D eigenvalue weighted by Crippen LogP contribution is -2.21. The molecule has 0 unspecified atom stereocenters. The van der Waals surface area contributed by atoms with E-state index in [1.807, 2.05) is 6.92 Å². The topological polar surface area (TPSA) is 106 Å². The summed E-state index contributed by atoms with van der Waals surface area (Å²) in [5.41, 5.74) is 10.7. The molecule has 0 saturated carbocycles. The molecular formula is C10H14N4O2. The molecule has 1 rings (SSSR count). The van der Waals surface area contributed by atoms with E-state index >= 15 is 0 Å². The minimum absolute atomic E-state index is 0.0815. The second-order valence-electron chi connectivity index (χ2n) is 2.92. The normalized spacial score (nSPS) is 10.3. The Kier molecular flexibility index (Phi) is 4.14. The third-order valence-corrected chi connectivity index (χ3v) is 1.68. The van der Waals surface area contributed by atoms with E-state index in [2.05, 4.69) is 10.2 Å². The van der Waals surface area contributed by atoms with Crippen LogP contribution >= 0.6 is 0 Å². The largest absolute Gasteiger partial charge is 0.507 e. The molecule has 0 aliphatic heterocycles. The molecule has 0 bridgehead atoms. The third-order valence-electron chi connectivity index (χ3n) is 1.68. The van der Waals surface area contributed by atoms with Crippen LogP contribution in [0.1, 0.15) is 12.5 Å². The summed E-state index contributed by atoms with van der Waals surface area (Å²) < 4.78 is 5.27. The molecule has 86 valence electrons. The Labute approximate surface area is 93.2 Å². The number of hydrogen-bond donors (Lipinski definition) is 3. The maximum absolute atomic E-state index is 9.51. The van der Waals surface area contributed by atoms with Crippen molar-refractivity contribution in [1.29, 1.82) is 0 Å². The highest BCUT2D eigenvalue weighted by atomic mass is 16.5. The molecule has 1 aromatic rings. The highest BCUT2D eigenvalue weighted by Gasteiger charge is 2.00. The molecule has 0 fully saturated rings. The third kappa shape index (κ3) is 3.49. The smallest absolute Gasteiger partial charge is 0.211 e. The minimum atomic E-state index is -0.142. The van der Waals surface area contributed by atoms with Crippen molar-refractivity contribution in [2.24, 2.45) is 21.7 Å². The fourth-order valence-corrected chi connectivity index (χ4v) is 1.05. The summed E-state index contributed by atoms with van der Waals surface area (Å²) in [5, 5.41) is 16.5. The van der Waals surface area contributed by atoms with E-state index in [0.717, 1.165) is 0 Å². The Hall–Kier alpha value is -2.24. The summed E-state index contributed by atoms with van der Waals surface area (Å²) in [4.78, 5) is 0. The average Bonchev–Trinajstić information content (AvgIpc) is 2.22. The Morgan fingerprint density at radius 3 is 2.88 bits per heavy atom. The molecule has 6 heteroatoms. The van der Waals surface area contributed by atoms with Gasteiger partial charge in [0.25, 0.3) is 0 Å². The second-order valence-corrected chi connectivity index (χ2v) is 2.92. The molecule has 1 aromatic carbocycles. The molecule has 0 aliphatic carbocycles. The Balaban J connectivity index is 2.89. The van der Waals surface area contributed by atoms with Gasteiger partial charge >= 0.3 is 0 Å². The van der Waals surface area contributed by atoms with Crippen LogP contribution in [0.15, 0.2) is 28.4 Å². The SMILES string of the molecule is CCOc1ccc(O)c(C=NN=C(N)N)c1. The summed E-state index contributed by atoms with van der Waals surface area (Å²) in [6.07, 6.45) is 1.34. The van der Waals surface area contributed by atoms with E-state index in [1.165, 1.54) is 12.3 Å². The maximum atomic E-state index is 9.51. The van der Waals surface area contributed by atoms with Gasteiger partial charge in [-0.1, -0.05) is 0 Å². The van der Waals surface area contributed by atoms with Gasteiger partial charge in [-0.05, 0) is 25.1 Å². The number of ether oxygens (including phenoxy) is 1. The van der Waals surface area contributed by atoms with Crippen molar-refractivity contribution in [2.45, 2.75) is 6.92 Å². The number of hydrogen-bond acceptors (Lipinski definition) is 4. The number of benzene rings is 1. The van der Waals surface area contributed by atoms with Crippen LogP contribution in [-0.4, -0.2) is 23.9 Å². The highest BCUT2D eigenvalue weighted by molar-refractivity contribution is 5.85. The van der Waals surface area contributed by atoms with Crippen molar-refractivity contribution in [3.63, 3.8) is 0 Å². The molecule has 6 nitrogen and oxygen atoms in total. The quantitative estimate of drug-likeness (QED) is 0.389. The number of guanidine groups is 1. The molecule has 0 spiro atoms. The van der Waals surface area contributed by atoms with Crippen molar-refractivity contribution in [2.75, 3.05) is 6.61 Å². The van der Waals surface area contributed by atoms with E-state index < -0.39 is 0 Å². The van der Waals surface area contributed by atoms with Crippen molar-refractivity contribution >= 4 is 12.2 Å². The lowest BCUT2D eigenvalue weighted by molar-refractivity contribution is 0.339. The summed E-state index contributed by atoms with van der Waals surface area (Å²) in [7, 11) is 0. The Morgan fingerprint density at radius 1 is 1.50 bits per heavy atom. The van der Waals surface area contributed by atoms with Crippen molar-refractivity contribution in [3.8, 4) is 11.5 Å². The van der Waals surface area contributed by atoms with Crippen LogP contribution in [0.2, 0.25) is 0 Å². The van der Waals surface area contributed by atoms with E-state index in [9.17, 15) is 5.11 Å². The first-order valence-corrected chi connectivity index (χ1v) is 4.71. The molecule has 16 heavy (non-hydrogen) atoms. The Bertz CT molecular complexity index is 411. The van der Waals surface area contributed by atoms with Crippen LogP contribution in [0.3, 0.4) is 0 Å². The molecular weight excluding hydrogens is 208 g/mol.